The average Bonchev–Trinajstić information content (AvgIpc) is 2.86. The summed E-state index contributed by atoms with van der Waals surface area (Å²) in [6, 6.07) is 6.59. The molecule has 18 heavy (non-hydrogen) atoms. The lowest BCUT2D eigenvalue weighted by atomic mass is 10.1. The van der Waals surface area contributed by atoms with E-state index in [0.717, 1.165) is 6.42 Å². The summed E-state index contributed by atoms with van der Waals surface area (Å²) in [5.41, 5.74) is 0.401. The van der Waals surface area contributed by atoms with Crippen molar-refractivity contribution < 1.29 is 10.0 Å². The molecular weight excluding hydrogens is 234 g/mol. The fourth-order valence-electron chi connectivity index (χ4n) is 2.27. The molecule has 1 aromatic carbocycles. The maximum absolute atomic E-state index is 11.1. The van der Waals surface area contributed by atoms with Gasteiger partial charge in [-0.05, 0) is 18.6 Å². The number of nitro benzene ring substituents is 1. The van der Waals surface area contributed by atoms with Gasteiger partial charge < -0.3 is 10.0 Å². The molecule has 1 aliphatic heterocycles. The minimum Gasteiger partial charge on any atom is -0.396 e. The molecule has 0 aromatic heterocycles. The number of aliphatic hydroxyl groups is 1. The van der Waals surface area contributed by atoms with E-state index in [1.54, 1.807) is 12.1 Å². The van der Waals surface area contributed by atoms with Crippen LogP contribution in [0.5, 0.6) is 0 Å². The van der Waals surface area contributed by atoms with Crippen molar-refractivity contribution in [2.45, 2.75) is 6.42 Å². The summed E-state index contributed by atoms with van der Waals surface area (Å²) in [6.07, 6.45) is 0.810. The first-order valence-corrected chi connectivity index (χ1v) is 5.70. The number of para-hydroxylation sites is 1. The van der Waals surface area contributed by atoms with E-state index in [9.17, 15) is 10.1 Å². The average molecular weight is 247 g/mol. The van der Waals surface area contributed by atoms with E-state index >= 15 is 0 Å². The Labute approximate surface area is 104 Å². The SMILES string of the molecule is N#Cc1cccc(N2CCC(CO)C2)c1[N+](=O)[O-]. The molecule has 94 valence electrons. The van der Waals surface area contributed by atoms with Gasteiger partial charge in [0.2, 0.25) is 0 Å². The predicted octanol–water partition coefficient (Wildman–Crippen LogP) is 1.29. The lowest BCUT2D eigenvalue weighted by Crippen LogP contribution is -2.21. The highest BCUT2D eigenvalue weighted by Crippen LogP contribution is 2.34. The molecular formula is C12H13N3O3. The van der Waals surface area contributed by atoms with Gasteiger partial charge in [-0.15, -0.1) is 0 Å². The van der Waals surface area contributed by atoms with Crippen molar-refractivity contribution in [1.29, 1.82) is 5.26 Å². The minimum absolute atomic E-state index is 0.0740. The molecule has 0 radical (unpaired) electrons. The molecule has 2 rings (SSSR count). The van der Waals surface area contributed by atoms with Crippen LogP contribution in [0.15, 0.2) is 18.2 Å². The van der Waals surface area contributed by atoms with E-state index in [1.807, 2.05) is 11.0 Å². The number of rotatable bonds is 3. The number of aliphatic hydroxyl groups excluding tert-OH is 1. The maximum atomic E-state index is 11.1. The zero-order valence-electron chi connectivity index (χ0n) is 9.74. The molecule has 0 bridgehead atoms. The lowest BCUT2D eigenvalue weighted by Gasteiger charge is -2.18. The van der Waals surface area contributed by atoms with Crippen LogP contribution in [0.1, 0.15) is 12.0 Å². The lowest BCUT2D eigenvalue weighted by molar-refractivity contribution is -0.384. The summed E-state index contributed by atoms with van der Waals surface area (Å²) in [4.78, 5) is 12.4. The molecule has 1 atom stereocenters. The van der Waals surface area contributed by atoms with Crippen LogP contribution in [0.3, 0.4) is 0 Å². The second-order valence-electron chi connectivity index (χ2n) is 4.33. The molecule has 6 heteroatoms. The number of nitro groups is 1. The van der Waals surface area contributed by atoms with Gasteiger partial charge >= 0.3 is 5.69 Å². The van der Waals surface area contributed by atoms with Crippen LogP contribution < -0.4 is 4.90 Å². The fraction of sp³-hybridized carbons (Fsp3) is 0.417. The van der Waals surface area contributed by atoms with Crippen LogP contribution in [0.4, 0.5) is 11.4 Å². The molecule has 0 spiro atoms. The number of hydrogen-bond donors (Lipinski definition) is 1. The summed E-state index contributed by atoms with van der Waals surface area (Å²) in [7, 11) is 0. The van der Waals surface area contributed by atoms with Gasteiger partial charge in [-0.3, -0.25) is 10.1 Å². The fourth-order valence-corrected chi connectivity index (χ4v) is 2.27. The first-order valence-electron chi connectivity index (χ1n) is 5.70. The van der Waals surface area contributed by atoms with Crippen molar-refractivity contribution >= 4 is 11.4 Å². The third kappa shape index (κ3) is 2.13. The van der Waals surface area contributed by atoms with Crippen LogP contribution in [0.2, 0.25) is 0 Å². The highest BCUT2D eigenvalue weighted by molar-refractivity contribution is 5.70. The number of hydrogen-bond acceptors (Lipinski definition) is 5. The Morgan fingerprint density at radius 2 is 2.39 bits per heavy atom. The molecule has 0 amide bonds. The molecule has 1 aliphatic rings. The molecule has 1 unspecified atom stereocenters. The summed E-state index contributed by atoms with van der Waals surface area (Å²) < 4.78 is 0. The molecule has 1 fully saturated rings. The van der Waals surface area contributed by atoms with Crippen molar-refractivity contribution in [1.82, 2.24) is 0 Å². The molecule has 0 aliphatic carbocycles. The Morgan fingerprint density at radius 3 is 2.94 bits per heavy atom. The zero-order chi connectivity index (χ0) is 13.1. The minimum atomic E-state index is -0.514. The molecule has 1 N–H and O–H groups in total. The first-order chi connectivity index (χ1) is 8.67. The van der Waals surface area contributed by atoms with Crippen LogP contribution in [-0.4, -0.2) is 29.7 Å². The van der Waals surface area contributed by atoms with Crippen LogP contribution in [0.25, 0.3) is 0 Å². The van der Waals surface area contributed by atoms with Crippen LogP contribution in [0, 0.1) is 27.4 Å². The van der Waals surface area contributed by atoms with Gasteiger partial charge in [-0.2, -0.15) is 5.26 Å². The smallest absolute Gasteiger partial charge is 0.310 e. The van der Waals surface area contributed by atoms with E-state index in [-0.39, 0.29) is 23.8 Å². The van der Waals surface area contributed by atoms with Crippen LogP contribution >= 0.6 is 0 Å². The Hall–Kier alpha value is -2.13. The molecule has 1 saturated heterocycles. The van der Waals surface area contributed by atoms with Gasteiger partial charge in [0.05, 0.1) is 4.92 Å². The van der Waals surface area contributed by atoms with E-state index in [2.05, 4.69) is 0 Å². The van der Waals surface area contributed by atoms with E-state index in [4.69, 9.17) is 10.4 Å². The van der Waals surface area contributed by atoms with Crippen molar-refractivity contribution in [3.05, 3.63) is 33.9 Å². The van der Waals surface area contributed by atoms with Crippen molar-refractivity contribution in [3.63, 3.8) is 0 Å². The Balaban J connectivity index is 2.40. The van der Waals surface area contributed by atoms with Gasteiger partial charge in [0.15, 0.2) is 0 Å². The van der Waals surface area contributed by atoms with Crippen LogP contribution in [-0.2, 0) is 0 Å². The molecule has 1 aromatic rings. The third-order valence-corrected chi connectivity index (χ3v) is 3.20. The summed E-state index contributed by atoms with van der Waals surface area (Å²) in [6.45, 7) is 1.34. The van der Waals surface area contributed by atoms with Crippen molar-refractivity contribution in [3.8, 4) is 6.07 Å². The second-order valence-corrected chi connectivity index (χ2v) is 4.33. The quantitative estimate of drug-likeness (QED) is 0.642. The van der Waals surface area contributed by atoms with Gasteiger partial charge in [0.25, 0.3) is 0 Å². The maximum Gasteiger partial charge on any atom is 0.310 e. The number of benzene rings is 1. The monoisotopic (exact) mass is 247 g/mol. The summed E-state index contributed by atoms with van der Waals surface area (Å²) in [5.74, 6) is 0.148. The van der Waals surface area contributed by atoms with E-state index < -0.39 is 4.92 Å². The third-order valence-electron chi connectivity index (χ3n) is 3.20. The predicted molar refractivity (Wildman–Crippen MR) is 65.2 cm³/mol. The highest BCUT2D eigenvalue weighted by atomic mass is 16.6. The number of anilines is 1. The highest BCUT2D eigenvalue weighted by Gasteiger charge is 2.29. The van der Waals surface area contributed by atoms with E-state index in [0.29, 0.717) is 18.8 Å². The Bertz CT molecular complexity index is 510. The first kappa shape index (κ1) is 12.3. The van der Waals surface area contributed by atoms with Crippen molar-refractivity contribution in [2.24, 2.45) is 5.92 Å². The number of nitrogens with zero attached hydrogens (tertiary/aromatic N) is 3. The van der Waals surface area contributed by atoms with Gasteiger partial charge in [0.1, 0.15) is 17.3 Å². The normalized spacial score (nSPS) is 18.7. The van der Waals surface area contributed by atoms with Gasteiger partial charge in [0, 0.05) is 25.6 Å². The van der Waals surface area contributed by atoms with Gasteiger partial charge in [-0.25, -0.2) is 0 Å². The van der Waals surface area contributed by atoms with Crippen molar-refractivity contribution in [2.75, 3.05) is 24.6 Å². The zero-order valence-corrected chi connectivity index (χ0v) is 9.74. The number of nitriles is 1. The Morgan fingerprint density at radius 1 is 1.61 bits per heavy atom. The Kier molecular flexibility index (Phi) is 3.44. The topological polar surface area (TPSA) is 90.4 Å². The van der Waals surface area contributed by atoms with E-state index in [1.165, 1.54) is 6.07 Å². The summed E-state index contributed by atoms with van der Waals surface area (Å²) >= 11 is 0. The van der Waals surface area contributed by atoms with Gasteiger partial charge in [-0.1, -0.05) is 6.07 Å². The molecule has 1 heterocycles. The summed E-state index contributed by atoms with van der Waals surface area (Å²) in [5, 5.41) is 29.1. The largest absolute Gasteiger partial charge is 0.396 e. The molecule has 0 saturated carbocycles. The second kappa shape index (κ2) is 5.02. The molecule has 6 nitrogen and oxygen atoms in total. The standard InChI is InChI=1S/C12H13N3O3/c13-6-10-2-1-3-11(12(10)15(17)18)14-5-4-9(7-14)8-16/h1-3,9,16H,4-5,7-8H2.